The molecular formula is C11H17N5O. The normalized spacial score (nSPS) is 29.4. The lowest BCUT2D eigenvalue weighted by molar-refractivity contribution is -0.133. The van der Waals surface area contributed by atoms with E-state index in [1.54, 1.807) is 11.0 Å². The van der Waals surface area contributed by atoms with Crippen molar-refractivity contribution in [2.45, 2.75) is 25.4 Å². The minimum Gasteiger partial charge on any atom is -0.339 e. The van der Waals surface area contributed by atoms with Gasteiger partial charge in [0.05, 0.1) is 0 Å². The molecule has 1 aromatic rings. The van der Waals surface area contributed by atoms with Crippen LogP contribution in [0.3, 0.4) is 0 Å². The van der Waals surface area contributed by atoms with Crippen molar-refractivity contribution in [2.75, 3.05) is 19.6 Å². The first kappa shape index (κ1) is 10.7. The molecule has 1 unspecified atom stereocenters. The summed E-state index contributed by atoms with van der Waals surface area (Å²) in [5, 5.41) is 7.47. The van der Waals surface area contributed by atoms with Crippen LogP contribution < -0.4 is 5.32 Å². The second-order valence-electron chi connectivity index (χ2n) is 4.90. The molecule has 0 radical (unpaired) electrons. The monoisotopic (exact) mass is 235 g/mol. The number of aromatic nitrogens is 3. The number of carbonyl (C=O) groups is 1. The summed E-state index contributed by atoms with van der Waals surface area (Å²) in [6, 6.07) is 0.248. The number of nitrogens with one attached hydrogen (secondary N) is 1. The van der Waals surface area contributed by atoms with Crippen LogP contribution in [0.2, 0.25) is 0 Å². The fourth-order valence-electron chi connectivity index (χ4n) is 2.82. The number of amides is 1. The van der Waals surface area contributed by atoms with Crippen molar-refractivity contribution in [2.24, 2.45) is 5.92 Å². The van der Waals surface area contributed by atoms with Crippen LogP contribution in [-0.4, -0.2) is 51.2 Å². The highest BCUT2D eigenvalue weighted by Crippen LogP contribution is 2.26. The number of carbonyl (C=O) groups excluding carboxylic acids is 1. The molecule has 17 heavy (non-hydrogen) atoms. The molecule has 1 N–H and O–H groups in total. The molecule has 1 aromatic heterocycles. The molecule has 92 valence electrons. The summed E-state index contributed by atoms with van der Waals surface area (Å²) in [6.45, 7) is 4.69. The Morgan fingerprint density at radius 2 is 2.41 bits per heavy atom. The van der Waals surface area contributed by atoms with Crippen molar-refractivity contribution in [3.8, 4) is 0 Å². The Kier molecular flexibility index (Phi) is 2.58. The highest BCUT2D eigenvalue weighted by molar-refractivity contribution is 5.80. The van der Waals surface area contributed by atoms with Gasteiger partial charge in [0.2, 0.25) is 5.91 Å². The number of hydrogen-bond acceptors (Lipinski definition) is 4. The Labute approximate surface area is 100 Å². The van der Waals surface area contributed by atoms with Gasteiger partial charge in [0.1, 0.15) is 18.7 Å². The fourth-order valence-corrected chi connectivity index (χ4v) is 2.82. The number of likely N-dealkylation sites (tertiary alicyclic amines) is 1. The summed E-state index contributed by atoms with van der Waals surface area (Å²) >= 11 is 0. The van der Waals surface area contributed by atoms with Crippen molar-refractivity contribution in [3.63, 3.8) is 0 Å². The molecule has 0 saturated carbocycles. The predicted molar refractivity (Wildman–Crippen MR) is 61.2 cm³/mol. The molecule has 2 saturated heterocycles. The van der Waals surface area contributed by atoms with Crippen LogP contribution in [0.1, 0.15) is 19.4 Å². The molecule has 6 nitrogen and oxygen atoms in total. The average molecular weight is 235 g/mol. The minimum atomic E-state index is -0.253. The lowest BCUT2D eigenvalue weighted by Crippen LogP contribution is -2.37. The summed E-state index contributed by atoms with van der Waals surface area (Å²) in [5.74, 6) is 0.786. The first-order valence-electron chi connectivity index (χ1n) is 6.12. The third-order valence-electron chi connectivity index (χ3n) is 3.87. The maximum absolute atomic E-state index is 12.3. The largest absolute Gasteiger partial charge is 0.339 e. The standard InChI is InChI=1S/C11H17N5O/c1-8(16-7-12-6-14-16)11(17)15-4-9-2-3-13-10(9)5-15/h6-10,13H,2-5H2,1H3/t8?,9-,10+/m0/s1. The SMILES string of the molecule is CC(C(=O)N1C[C@@H]2CCN[C@@H]2C1)n1cncn1. The van der Waals surface area contributed by atoms with E-state index >= 15 is 0 Å². The van der Waals surface area contributed by atoms with E-state index in [1.165, 1.54) is 12.7 Å². The molecule has 0 bridgehead atoms. The van der Waals surface area contributed by atoms with Gasteiger partial charge in [-0.2, -0.15) is 5.10 Å². The van der Waals surface area contributed by atoms with E-state index in [0.29, 0.717) is 12.0 Å². The number of nitrogens with zero attached hydrogens (tertiary/aromatic N) is 4. The summed E-state index contributed by atoms with van der Waals surface area (Å²) in [4.78, 5) is 18.1. The van der Waals surface area contributed by atoms with Gasteiger partial charge in [-0.1, -0.05) is 0 Å². The third kappa shape index (κ3) is 1.82. The van der Waals surface area contributed by atoms with E-state index < -0.39 is 0 Å². The third-order valence-corrected chi connectivity index (χ3v) is 3.87. The molecule has 3 rings (SSSR count). The quantitative estimate of drug-likeness (QED) is 0.761. The van der Waals surface area contributed by atoms with Gasteiger partial charge >= 0.3 is 0 Å². The average Bonchev–Trinajstić information content (AvgIpc) is 3.01. The molecule has 0 aliphatic carbocycles. The van der Waals surface area contributed by atoms with Gasteiger partial charge in [-0.05, 0) is 25.8 Å². The number of fused-ring (bicyclic) bond motifs is 1. The Hall–Kier alpha value is -1.43. The van der Waals surface area contributed by atoms with Crippen LogP contribution in [0, 0.1) is 5.92 Å². The minimum absolute atomic E-state index is 0.145. The smallest absolute Gasteiger partial charge is 0.247 e. The Bertz CT molecular complexity index is 392. The zero-order valence-corrected chi connectivity index (χ0v) is 9.91. The van der Waals surface area contributed by atoms with Crippen molar-refractivity contribution in [3.05, 3.63) is 12.7 Å². The molecule has 0 spiro atoms. The Balaban J connectivity index is 1.67. The van der Waals surface area contributed by atoms with Gasteiger partial charge in [-0.15, -0.1) is 0 Å². The summed E-state index contributed by atoms with van der Waals surface area (Å²) < 4.78 is 1.61. The Morgan fingerprint density at radius 3 is 3.12 bits per heavy atom. The highest BCUT2D eigenvalue weighted by atomic mass is 16.2. The van der Waals surface area contributed by atoms with Crippen molar-refractivity contribution >= 4 is 5.91 Å². The molecule has 6 heteroatoms. The first-order valence-corrected chi connectivity index (χ1v) is 6.12. The summed E-state index contributed by atoms with van der Waals surface area (Å²) in [7, 11) is 0. The zero-order chi connectivity index (χ0) is 11.8. The first-order chi connectivity index (χ1) is 8.25. The predicted octanol–water partition coefficient (Wildman–Crippen LogP) is -0.341. The topological polar surface area (TPSA) is 63.1 Å². The van der Waals surface area contributed by atoms with Gasteiger partial charge < -0.3 is 10.2 Å². The second kappa shape index (κ2) is 4.10. The van der Waals surface area contributed by atoms with Gasteiger partial charge in [0.25, 0.3) is 0 Å². The van der Waals surface area contributed by atoms with Crippen molar-refractivity contribution in [1.29, 1.82) is 0 Å². The number of hydrogen-bond donors (Lipinski definition) is 1. The molecule has 2 aliphatic rings. The van der Waals surface area contributed by atoms with E-state index in [-0.39, 0.29) is 11.9 Å². The second-order valence-corrected chi connectivity index (χ2v) is 4.90. The van der Waals surface area contributed by atoms with Crippen molar-refractivity contribution < 1.29 is 4.79 Å². The van der Waals surface area contributed by atoms with E-state index in [0.717, 1.165) is 19.6 Å². The van der Waals surface area contributed by atoms with Crippen LogP contribution in [-0.2, 0) is 4.79 Å². The van der Waals surface area contributed by atoms with Gasteiger partial charge in [-0.3, -0.25) is 4.79 Å². The maximum atomic E-state index is 12.3. The van der Waals surface area contributed by atoms with Crippen LogP contribution in [0.15, 0.2) is 12.7 Å². The molecule has 3 heterocycles. The van der Waals surface area contributed by atoms with Crippen LogP contribution in [0.4, 0.5) is 0 Å². The fraction of sp³-hybridized carbons (Fsp3) is 0.727. The molecular weight excluding hydrogens is 218 g/mol. The van der Waals surface area contributed by atoms with Crippen LogP contribution >= 0.6 is 0 Å². The molecule has 3 atom stereocenters. The summed E-state index contributed by atoms with van der Waals surface area (Å²) in [6.07, 6.45) is 4.24. The Morgan fingerprint density at radius 1 is 1.53 bits per heavy atom. The van der Waals surface area contributed by atoms with E-state index in [2.05, 4.69) is 15.4 Å². The highest BCUT2D eigenvalue weighted by Gasteiger charge is 2.39. The summed E-state index contributed by atoms with van der Waals surface area (Å²) in [5.41, 5.74) is 0. The zero-order valence-electron chi connectivity index (χ0n) is 9.91. The molecule has 0 aromatic carbocycles. The van der Waals surface area contributed by atoms with E-state index in [9.17, 15) is 4.79 Å². The van der Waals surface area contributed by atoms with Gasteiger partial charge in [0.15, 0.2) is 0 Å². The lowest BCUT2D eigenvalue weighted by atomic mass is 10.1. The molecule has 2 fully saturated rings. The number of rotatable bonds is 2. The van der Waals surface area contributed by atoms with Crippen LogP contribution in [0.25, 0.3) is 0 Å². The van der Waals surface area contributed by atoms with Gasteiger partial charge in [-0.25, -0.2) is 9.67 Å². The van der Waals surface area contributed by atoms with E-state index in [4.69, 9.17) is 0 Å². The van der Waals surface area contributed by atoms with E-state index in [1.807, 2.05) is 11.8 Å². The molecule has 2 aliphatic heterocycles. The van der Waals surface area contributed by atoms with Crippen LogP contribution in [0.5, 0.6) is 0 Å². The molecule has 1 amide bonds. The lowest BCUT2D eigenvalue weighted by Gasteiger charge is -2.21. The van der Waals surface area contributed by atoms with Crippen molar-refractivity contribution in [1.82, 2.24) is 25.0 Å². The maximum Gasteiger partial charge on any atom is 0.247 e. The van der Waals surface area contributed by atoms with Gasteiger partial charge in [0, 0.05) is 19.1 Å².